The van der Waals surface area contributed by atoms with Crippen LogP contribution in [0.5, 0.6) is 0 Å². The molecule has 0 unspecified atom stereocenters. The smallest absolute Gasteiger partial charge is 0.152 e. The molecular weight excluding hydrogens is 226 g/mol. The highest BCUT2D eigenvalue weighted by Crippen LogP contribution is 2.27. The monoisotopic (exact) mass is 239 g/mol. The van der Waals surface area contributed by atoms with Crippen molar-refractivity contribution < 1.29 is 0 Å². The molecular formula is C10H13N3S2. The minimum atomic E-state index is 0.901. The second-order valence-electron chi connectivity index (χ2n) is 3.21. The summed E-state index contributed by atoms with van der Waals surface area (Å²) in [5.74, 6) is 0. The third kappa shape index (κ3) is 2.62. The van der Waals surface area contributed by atoms with Crippen molar-refractivity contribution in [2.45, 2.75) is 20.4 Å². The Hall–Kier alpha value is -0.780. The van der Waals surface area contributed by atoms with Gasteiger partial charge in [0.2, 0.25) is 0 Å². The molecule has 0 saturated heterocycles. The van der Waals surface area contributed by atoms with Crippen LogP contribution in [0.25, 0.3) is 10.0 Å². The molecule has 3 nitrogen and oxygen atoms in total. The number of rotatable bonds is 4. The second-order valence-corrected chi connectivity index (χ2v) is 5.18. The molecule has 15 heavy (non-hydrogen) atoms. The summed E-state index contributed by atoms with van der Waals surface area (Å²) in [6.07, 6.45) is 1.93. The maximum Gasteiger partial charge on any atom is 0.152 e. The molecule has 80 valence electrons. The van der Waals surface area contributed by atoms with Gasteiger partial charge in [0.05, 0.1) is 0 Å². The van der Waals surface area contributed by atoms with Gasteiger partial charge in [-0.2, -0.15) is 0 Å². The van der Waals surface area contributed by atoms with Gasteiger partial charge in [-0.15, -0.1) is 22.7 Å². The van der Waals surface area contributed by atoms with Crippen LogP contribution in [0, 0.1) is 6.92 Å². The molecule has 2 rings (SSSR count). The van der Waals surface area contributed by atoms with Crippen molar-refractivity contribution in [3.05, 3.63) is 22.1 Å². The summed E-state index contributed by atoms with van der Waals surface area (Å²) < 4.78 is 0. The number of nitrogens with zero attached hydrogens (tertiary/aromatic N) is 2. The first kappa shape index (κ1) is 10.7. The topological polar surface area (TPSA) is 37.8 Å². The summed E-state index contributed by atoms with van der Waals surface area (Å²) in [4.78, 5) is 10.1. The molecule has 0 saturated carbocycles. The summed E-state index contributed by atoms with van der Waals surface area (Å²) in [6.45, 7) is 6.00. The van der Waals surface area contributed by atoms with Crippen molar-refractivity contribution in [1.82, 2.24) is 15.3 Å². The summed E-state index contributed by atoms with van der Waals surface area (Å²) in [5.41, 5.74) is 1.07. The predicted molar refractivity (Wildman–Crippen MR) is 65.3 cm³/mol. The van der Waals surface area contributed by atoms with Crippen LogP contribution < -0.4 is 5.32 Å². The molecule has 0 aliphatic rings. The van der Waals surface area contributed by atoms with Crippen LogP contribution in [0.2, 0.25) is 0 Å². The average molecular weight is 239 g/mol. The quantitative estimate of drug-likeness (QED) is 0.891. The highest BCUT2D eigenvalue weighted by Gasteiger charge is 2.07. The van der Waals surface area contributed by atoms with E-state index in [2.05, 4.69) is 27.6 Å². The summed E-state index contributed by atoms with van der Waals surface area (Å²) in [7, 11) is 0. The summed E-state index contributed by atoms with van der Waals surface area (Å²) in [5, 5.41) is 7.40. The Morgan fingerprint density at radius 3 is 2.93 bits per heavy atom. The standard InChI is InChI=1S/C10H13N3S2/c1-3-11-4-8-5-12-9(15-8)10-13-7(2)6-14-10/h5-6,11H,3-4H2,1-2H3. The lowest BCUT2D eigenvalue weighted by Crippen LogP contribution is -2.10. The van der Waals surface area contributed by atoms with E-state index in [9.17, 15) is 0 Å². The van der Waals surface area contributed by atoms with E-state index in [4.69, 9.17) is 0 Å². The molecule has 0 spiro atoms. The first-order valence-electron chi connectivity index (χ1n) is 4.87. The Bertz CT molecular complexity index is 433. The van der Waals surface area contributed by atoms with Gasteiger partial charge in [-0.25, -0.2) is 9.97 Å². The fraction of sp³-hybridized carbons (Fsp3) is 0.400. The first-order chi connectivity index (χ1) is 7.29. The van der Waals surface area contributed by atoms with E-state index in [-0.39, 0.29) is 0 Å². The Kier molecular flexibility index (Phi) is 3.45. The molecule has 2 heterocycles. The lowest BCUT2D eigenvalue weighted by Gasteiger charge is -1.94. The Morgan fingerprint density at radius 2 is 2.27 bits per heavy atom. The average Bonchev–Trinajstić information content (AvgIpc) is 2.83. The van der Waals surface area contributed by atoms with Gasteiger partial charge in [0.25, 0.3) is 0 Å². The molecule has 2 aromatic heterocycles. The number of hydrogen-bond donors (Lipinski definition) is 1. The van der Waals surface area contributed by atoms with Crippen molar-refractivity contribution in [3.8, 4) is 10.0 Å². The fourth-order valence-electron chi connectivity index (χ4n) is 1.19. The van der Waals surface area contributed by atoms with Gasteiger partial charge < -0.3 is 5.32 Å². The van der Waals surface area contributed by atoms with E-state index in [1.54, 1.807) is 22.7 Å². The molecule has 0 aliphatic heterocycles. The molecule has 0 bridgehead atoms. The normalized spacial score (nSPS) is 10.8. The van der Waals surface area contributed by atoms with E-state index in [1.807, 2.05) is 13.1 Å². The van der Waals surface area contributed by atoms with Crippen molar-refractivity contribution in [3.63, 3.8) is 0 Å². The highest BCUT2D eigenvalue weighted by molar-refractivity contribution is 7.20. The number of hydrogen-bond acceptors (Lipinski definition) is 5. The Labute approximate surface area is 97.2 Å². The fourth-order valence-corrected chi connectivity index (χ4v) is 2.91. The van der Waals surface area contributed by atoms with E-state index in [1.165, 1.54) is 4.88 Å². The zero-order valence-corrected chi connectivity index (χ0v) is 10.4. The van der Waals surface area contributed by atoms with Crippen LogP contribution in [-0.2, 0) is 6.54 Å². The summed E-state index contributed by atoms with van der Waals surface area (Å²) in [6, 6.07) is 0. The lowest BCUT2D eigenvalue weighted by molar-refractivity contribution is 0.734. The predicted octanol–water partition coefficient (Wildman–Crippen LogP) is 2.68. The molecule has 5 heteroatoms. The van der Waals surface area contributed by atoms with Crippen LogP contribution in [0.3, 0.4) is 0 Å². The maximum atomic E-state index is 4.42. The third-order valence-corrected chi connectivity index (χ3v) is 4.00. The minimum absolute atomic E-state index is 0.901. The second kappa shape index (κ2) is 4.83. The van der Waals surface area contributed by atoms with Crippen LogP contribution in [-0.4, -0.2) is 16.5 Å². The SMILES string of the molecule is CCNCc1cnc(-c2nc(C)cs2)s1. The zero-order valence-electron chi connectivity index (χ0n) is 8.78. The van der Waals surface area contributed by atoms with Crippen molar-refractivity contribution in [2.24, 2.45) is 0 Å². The number of nitrogens with one attached hydrogen (secondary N) is 1. The van der Waals surface area contributed by atoms with Gasteiger partial charge in [0.15, 0.2) is 10.0 Å². The largest absolute Gasteiger partial charge is 0.312 e. The van der Waals surface area contributed by atoms with Gasteiger partial charge in [-0.05, 0) is 13.5 Å². The van der Waals surface area contributed by atoms with Crippen molar-refractivity contribution in [1.29, 1.82) is 0 Å². The molecule has 0 fully saturated rings. The van der Waals surface area contributed by atoms with Crippen LogP contribution in [0.15, 0.2) is 11.6 Å². The van der Waals surface area contributed by atoms with Crippen molar-refractivity contribution >= 4 is 22.7 Å². The number of thiazole rings is 2. The van der Waals surface area contributed by atoms with Gasteiger partial charge in [0.1, 0.15) is 0 Å². The first-order valence-corrected chi connectivity index (χ1v) is 6.57. The molecule has 0 radical (unpaired) electrons. The van der Waals surface area contributed by atoms with Crippen molar-refractivity contribution in [2.75, 3.05) is 6.54 Å². The molecule has 2 aromatic rings. The van der Waals surface area contributed by atoms with Gasteiger partial charge >= 0.3 is 0 Å². The van der Waals surface area contributed by atoms with E-state index < -0.39 is 0 Å². The molecule has 0 aromatic carbocycles. The maximum absolute atomic E-state index is 4.42. The van der Waals surface area contributed by atoms with Gasteiger partial charge in [-0.1, -0.05) is 6.92 Å². The zero-order chi connectivity index (χ0) is 10.7. The van der Waals surface area contributed by atoms with E-state index >= 15 is 0 Å². The minimum Gasteiger partial charge on any atom is -0.312 e. The molecule has 0 atom stereocenters. The van der Waals surface area contributed by atoms with Gasteiger partial charge in [0, 0.05) is 28.7 Å². The Balaban J connectivity index is 2.13. The van der Waals surface area contributed by atoms with Crippen LogP contribution >= 0.6 is 22.7 Å². The van der Waals surface area contributed by atoms with Crippen LogP contribution in [0.1, 0.15) is 17.5 Å². The lowest BCUT2D eigenvalue weighted by atomic mass is 10.5. The summed E-state index contributed by atoms with van der Waals surface area (Å²) >= 11 is 3.37. The Morgan fingerprint density at radius 1 is 1.40 bits per heavy atom. The van der Waals surface area contributed by atoms with Gasteiger partial charge in [-0.3, -0.25) is 0 Å². The highest BCUT2D eigenvalue weighted by atomic mass is 32.1. The molecule has 0 amide bonds. The van der Waals surface area contributed by atoms with E-state index in [0.29, 0.717) is 0 Å². The number of aromatic nitrogens is 2. The molecule has 0 aliphatic carbocycles. The van der Waals surface area contributed by atoms with E-state index in [0.717, 1.165) is 28.8 Å². The molecule has 1 N–H and O–H groups in total. The third-order valence-electron chi connectivity index (χ3n) is 1.90. The van der Waals surface area contributed by atoms with Crippen LogP contribution in [0.4, 0.5) is 0 Å². The number of aryl methyl sites for hydroxylation is 1.